The van der Waals surface area contributed by atoms with E-state index in [1.54, 1.807) is 30.3 Å². The summed E-state index contributed by atoms with van der Waals surface area (Å²) in [4.78, 5) is 22.4. The molecule has 102 valence electrons. The number of para-hydroxylation sites is 1. The van der Waals surface area contributed by atoms with Crippen LogP contribution in [0, 0.1) is 0 Å². The molecular formula is C16H14O4. The largest absolute Gasteiger partial charge is 0.467 e. The molecular weight excluding hydrogens is 256 g/mol. The van der Waals surface area contributed by atoms with Gasteiger partial charge in [0.25, 0.3) is 0 Å². The summed E-state index contributed by atoms with van der Waals surface area (Å²) in [6.07, 6.45) is 1.46. The third-order valence-electron chi connectivity index (χ3n) is 2.87. The molecule has 0 aromatic heterocycles. The van der Waals surface area contributed by atoms with E-state index in [-0.39, 0.29) is 6.79 Å². The standard InChI is InChI=1S/C16H14O4/c1-19-11-20-15-8-3-2-7-14(15)16-12(9-17)5-4-6-13(16)10-18/h2-10H,11H2,1H3. The predicted octanol–water partition coefficient (Wildman–Crippen LogP) is 2.96. The third kappa shape index (κ3) is 2.75. The second-order valence-corrected chi connectivity index (χ2v) is 4.09. The van der Waals surface area contributed by atoms with E-state index in [0.717, 1.165) is 12.6 Å². The van der Waals surface area contributed by atoms with Gasteiger partial charge in [0, 0.05) is 29.4 Å². The van der Waals surface area contributed by atoms with E-state index in [4.69, 9.17) is 9.47 Å². The second kappa shape index (κ2) is 6.63. The van der Waals surface area contributed by atoms with Crippen molar-refractivity contribution in [3.05, 3.63) is 53.6 Å². The normalized spacial score (nSPS) is 10.1. The van der Waals surface area contributed by atoms with Gasteiger partial charge in [-0.15, -0.1) is 0 Å². The zero-order valence-corrected chi connectivity index (χ0v) is 11.0. The minimum atomic E-state index is 0.0939. The van der Waals surface area contributed by atoms with Crippen molar-refractivity contribution in [2.45, 2.75) is 0 Å². The summed E-state index contributed by atoms with van der Waals surface area (Å²) in [5.74, 6) is 0.562. The number of methoxy groups -OCH3 is 1. The Morgan fingerprint density at radius 3 is 2.20 bits per heavy atom. The number of hydrogen-bond donors (Lipinski definition) is 0. The molecule has 2 rings (SSSR count). The highest BCUT2D eigenvalue weighted by Gasteiger charge is 2.14. The third-order valence-corrected chi connectivity index (χ3v) is 2.87. The molecule has 0 unspecified atom stereocenters. The van der Waals surface area contributed by atoms with Crippen LogP contribution in [-0.4, -0.2) is 26.5 Å². The zero-order chi connectivity index (χ0) is 14.4. The van der Waals surface area contributed by atoms with Crippen molar-refractivity contribution in [1.29, 1.82) is 0 Å². The molecule has 0 bridgehead atoms. The molecule has 0 heterocycles. The maximum atomic E-state index is 11.2. The summed E-state index contributed by atoms with van der Waals surface area (Å²) < 4.78 is 10.4. The van der Waals surface area contributed by atoms with Crippen LogP contribution in [0.2, 0.25) is 0 Å². The number of carbonyl (C=O) groups excluding carboxylic acids is 2. The van der Waals surface area contributed by atoms with E-state index in [9.17, 15) is 9.59 Å². The molecule has 0 amide bonds. The zero-order valence-electron chi connectivity index (χ0n) is 11.0. The van der Waals surface area contributed by atoms with Crippen LogP contribution < -0.4 is 4.74 Å². The molecule has 0 fully saturated rings. The Morgan fingerprint density at radius 2 is 1.60 bits per heavy atom. The fourth-order valence-electron chi connectivity index (χ4n) is 2.02. The van der Waals surface area contributed by atoms with Crippen LogP contribution in [0.5, 0.6) is 5.75 Å². The average Bonchev–Trinajstić information content (AvgIpc) is 2.52. The summed E-state index contributed by atoms with van der Waals surface area (Å²) in [5.41, 5.74) is 2.16. The molecule has 4 heteroatoms. The average molecular weight is 270 g/mol. The van der Waals surface area contributed by atoms with E-state index in [1.807, 2.05) is 12.1 Å². The van der Waals surface area contributed by atoms with E-state index in [0.29, 0.717) is 28.0 Å². The molecule has 4 nitrogen and oxygen atoms in total. The molecule has 0 N–H and O–H groups in total. The van der Waals surface area contributed by atoms with Gasteiger partial charge in [-0.25, -0.2) is 0 Å². The van der Waals surface area contributed by atoms with Crippen molar-refractivity contribution in [1.82, 2.24) is 0 Å². The van der Waals surface area contributed by atoms with E-state index < -0.39 is 0 Å². The Kier molecular flexibility index (Phi) is 4.63. The second-order valence-electron chi connectivity index (χ2n) is 4.09. The molecule has 2 aromatic carbocycles. The Labute approximate surface area is 116 Å². The van der Waals surface area contributed by atoms with Gasteiger partial charge >= 0.3 is 0 Å². The van der Waals surface area contributed by atoms with Gasteiger partial charge in [-0.05, 0) is 6.07 Å². The number of aldehydes is 2. The van der Waals surface area contributed by atoms with Gasteiger partial charge in [-0.1, -0.05) is 36.4 Å². The van der Waals surface area contributed by atoms with Crippen LogP contribution in [-0.2, 0) is 4.74 Å². The van der Waals surface area contributed by atoms with Crippen LogP contribution >= 0.6 is 0 Å². The lowest BCUT2D eigenvalue weighted by Gasteiger charge is -2.13. The molecule has 0 aliphatic rings. The molecule has 0 atom stereocenters. The van der Waals surface area contributed by atoms with Crippen LogP contribution in [0.1, 0.15) is 20.7 Å². The first-order chi connectivity index (χ1) is 9.81. The van der Waals surface area contributed by atoms with Gasteiger partial charge in [0.2, 0.25) is 0 Å². The molecule has 0 spiro atoms. The molecule has 20 heavy (non-hydrogen) atoms. The first kappa shape index (κ1) is 14.0. The molecule has 0 saturated carbocycles. The summed E-state index contributed by atoms with van der Waals surface area (Å²) in [7, 11) is 1.53. The highest BCUT2D eigenvalue weighted by Crippen LogP contribution is 2.33. The Balaban J connectivity index is 2.61. The van der Waals surface area contributed by atoms with Gasteiger partial charge < -0.3 is 9.47 Å². The quantitative estimate of drug-likeness (QED) is 0.598. The van der Waals surface area contributed by atoms with Gasteiger partial charge in [0.15, 0.2) is 19.4 Å². The van der Waals surface area contributed by atoms with Crippen molar-refractivity contribution in [3.8, 4) is 16.9 Å². The fraction of sp³-hybridized carbons (Fsp3) is 0.125. The fourth-order valence-corrected chi connectivity index (χ4v) is 2.02. The number of carbonyl (C=O) groups is 2. The van der Waals surface area contributed by atoms with Crippen molar-refractivity contribution < 1.29 is 19.1 Å². The first-order valence-electron chi connectivity index (χ1n) is 6.06. The minimum Gasteiger partial charge on any atom is -0.467 e. The van der Waals surface area contributed by atoms with Gasteiger partial charge in [-0.3, -0.25) is 9.59 Å². The van der Waals surface area contributed by atoms with Crippen LogP contribution in [0.15, 0.2) is 42.5 Å². The Bertz CT molecular complexity index is 593. The van der Waals surface area contributed by atoms with Crippen LogP contribution in [0.3, 0.4) is 0 Å². The highest BCUT2D eigenvalue weighted by molar-refractivity contribution is 5.98. The Morgan fingerprint density at radius 1 is 0.950 bits per heavy atom. The lowest BCUT2D eigenvalue weighted by Crippen LogP contribution is -2.02. The highest BCUT2D eigenvalue weighted by atomic mass is 16.7. The maximum absolute atomic E-state index is 11.2. The van der Waals surface area contributed by atoms with Crippen LogP contribution in [0.4, 0.5) is 0 Å². The minimum absolute atomic E-state index is 0.0939. The lowest BCUT2D eigenvalue weighted by molar-refractivity contribution is 0.0515. The summed E-state index contributed by atoms with van der Waals surface area (Å²) in [6, 6.07) is 12.2. The lowest BCUT2D eigenvalue weighted by atomic mass is 9.95. The summed E-state index contributed by atoms with van der Waals surface area (Å²) in [5, 5.41) is 0. The molecule has 0 aliphatic heterocycles. The summed E-state index contributed by atoms with van der Waals surface area (Å²) >= 11 is 0. The van der Waals surface area contributed by atoms with Crippen molar-refractivity contribution in [2.75, 3.05) is 13.9 Å². The van der Waals surface area contributed by atoms with Gasteiger partial charge in [-0.2, -0.15) is 0 Å². The maximum Gasteiger partial charge on any atom is 0.188 e. The van der Waals surface area contributed by atoms with Crippen molar-refractivity contribution in [2.24, 2.45) is 0 Å². The van der Waals surface area contributed by atoms with E-state index >= 15 is 0 Å². The number of ether oxygens (including phenoxy) is 2. The molecule has 2 aromatic rings. The van der Waals surface area contributed by atoms with E-state index in [1.165, 1.54) is 7.11 Å². The molecule has 0 saturated heterocycles. The number of hydrogen-bond acceptors (Lipinski definition) is 4. The molecule has 0 aliphatic carbocycles. The monoisotopic (exact) mass is 270 g/mol. The van der Waals surface area contributed by atoms with Crippen molar-refractivity contribution in [3.63, 3.8) is 0 Å². The van der Waals surface area contributed by atoms with E-state index in [2.05, 4.69) is 0 Å². The van der Waals surface area contributed by atoms with Crippen LogP contribution in [0.25, 0.3) is 11.1 Å². The smallest absolute Gasteiger partial charge is 0.188 e. The Hall–Kier alpha value is -2.46. The topological polar surface area (TPSA) is 52.6 Å². The first-order valence-corrected chi connectivity index (χ1v) is 6.06. The predicted molar refractivity (Wildman–Crippen MR) is 75.2 cm³/mol. The summed E-state index contributed by atoms with van der Waals surface area (Å²) in [6.45, 7) is 0.0939. The SMILES string of the molecule is COCOc1ccccc1-c1c(C=O)cccc1C=O. The molecule has 0 radical (unpaired) electrons. The van der Waals surface area contributed by atoms with Crippen molar-refractivity contribution >= 4 is 12.6 Å². The number of rotatable bonds is 6. The van der Waals surface area contributed by atoms with Gasteiger partial charge in [0.05, 0.1) is 0 Å². The van der Waals surface area contributed by atoms with Gasteiger partial charge in [0.1, 0.15) is 5.75 Å². The number of benzene rings is 2.